The first kappa shape index (κ1) is 35.7. The number of ether oxygens (including phenoxy) is 1. The minimum atomic E-state index is -1.88. The molecule has 4 nitrogen and oxygen atoms in total. The summed E-state index contributed by atoms with van der Waals surface area (Å²) in [5.74, 6) is -0.157. The van der Waals surface area contributed by atoms with Crippen molar-refractivity contribution in [3.8, 4) is 0 Å². The molecule has 0 amide bonds. The number of esters is 1. The first-order valence-electron chi connectivity index (χ1n) is 15.1. The SMILES string of the molecule is CC/C(=C\CCC(=O)OC)c1ccc(CCc2ccc(CO[Si](C)(C)C(C)(C)C)c(CO[Si](C)(C)C(C)(C)C)c2)s1. The van der Waals surface area contributed by atoms with Crippen molar-refractivity contribution in [2.45, 2.75) is 130 Å². The van der Waals surface area contributed by atoms with Crippen molar-refractivity contribution in [3.05, 3.63) is 62.9 Å². The summed E-state index contributed by atoms with van der Waals surface area (Å²) >= 11 is 1.87. The summed E-state index contributed by atoms with van der Waals surface area (Å²) in [5, 5.41) is 0.350. The number of thiophene rings is 1. The van der Waals surface area contributed by atoms with E-state index in [1.165, 1.54) is 39.1 Å². The molecular weight excluding hydrogens is 561 g/mol. The van der Waals surface area contributed by atoms with E-state index in [1.54, 1.807) is 0 Å². The van der Waals surface area contributed by atoms with Crippen molar-refractivity contribution in [2.24, 2.45) is 0 Å². The van der Waals surface area contributed by atoms with Gasteiger partial charge in [0.25, 0.3) is 0 Å². The third-order valence-corrected chi connectivity index (χ3v) is 19.2. The molecule has 0 fully saturated rings. The van der Waals surface area contributed by atoms with E-state index in [2.05, 4.69) is 111 Å². The molecule has 2 rings (SSSR count). The van der Waals surface area contributed by atoms with Gasteiger partial charge in [-0.2, -0.15) is 0 Å². The zero-order valence-electron chi connectivity index (χ0n) is 28.0. The second-order valence-corrected chi connectivity index (χ2v) is 25.0. The molecule has 230 valence electrons. The Balaban J connectivity index is 2.20. The van der Waals surface area contributed by atoms with E-state index in [0.717, 1.165) is 19.3 Å². The number of benzene rings is 1. The molecule has 0 saturated carbocycles. The predicted octanol–water partition coefficient (Wildman–Crippen LogP) is 10.3. The average molecular weight is 617 g/mol. The van der Waals surface area contributed by atoms with Gasteiger partial charge in [0, 0.05) is 16.2 Å². The Kier molecular flexibility index (Phi) is 12.9. The van der Waals surface area contributed by atoms with Gasteiger partial charge in [0.2, 0.25) is 0 Å². The standard InChI is InChI=1S/C34H56O4SSi2/c1-13-27(15-14-16-32(35)36-8)31-22-21-30(39-31)20-18-26-17-19-28(24-37-40(9,10)33(2,3)4)29(23-26)25-38-41(11,12)34(5,6)7/h15,17,19,21-23H,13-14,16,18,20,24-25H2,1-12H3/b27-15+. The molecule has 1 heterocycles. The normalized spacial score (nSPS) is 13.5. The van der Waals surface area contributed by atoms with Crippen molar-refractivity contribution < 1.29 is 18.4 Å². The topological polar surface area (TPSA) is 44.8 Å². The number of carbonyl (C=O) groups excluding carboxylic acids is 1. The van der Waals surface area contributed by atoms with Crippen LogP contribution in [0, 0.1) is 0 Å². The van der Waals surface area contributed by atoms with Gasteiger partial charge in [-0.1, -0.05) is 72.7 Å². The lowest BCUT2D eigenvalue weighted by molar-refractivity contribution is -0.140. The van der Waals surface area contributed by atoms with E-state index in [0.29, 0.717) is 26.1 Å². The van der Waals surface area contributed by atoms with Gasteiger partial charge >= 0.3 is 5.97 Å². The third kappa shape index (κ3) is 10.6. The lowest BCUT2D eigenvalue weighted by Gasteiger charge is -2.37. The summed E-state index contributed by atoms with van der Waals surface area (Å²) in [6.45, 7) is 26.5. The molecule has 0 saturated heterocycles. The van der Waals surface area contributed by atoms with Crippen molar-refractivity contribution in [1.82, 2.24) is 0 Å². The van der Waals surface area contributed by atoms with Crippen LogP contribution >= 0.6 is 11.3 Å². The number of carbonyl (C=O) groups is 1. The van der Waals surface area contributed by atoms with Crippen LogP contribution in [0.3, 0.4) is 0 Å². The van der Waals surface area contributed by atoms with E-state index in [1.807, 2.05) is 11.3 Å². The number of aryl methyl sites for hydroxylation is 2. The monoisotopic (exact) mass is 616 g/mol. The predicted molar refractivity (Wildman–Crippen MR) is 182 cm³/mol. The Morgan fingerprint density at radius 3 is 1.98 bits per heavy atom. The smallest absolute Gasteiger partial charge is 0.305 e. The summed E-state index contributed by atoms with van der Waals surface area (Å²) in [5.41, 5.74) is 5.16. The van der Waals surface area contributed by atoms with Crippen LogP contribution in [0.2, 0.25) is 36.3 Å². The maximum Gasteiger partial charge on any atom is 0.305 e. The highest BCUT2D eigenvalue weighted by Crippen LogP contribution is 2.39. The Bertz CT molecular complexity index is 1170. The summed E-state index contributed by atoms with van der Waals surface area (Å²) in [4.78, 5) is 14.2. The van der Waals surface area contributed by atoms with E-state index < -0.39 is 16.6 Å². The lowest BCUT2D eigenvalue weighted by atomic mass is 10.0. The molecule has 0 aliphatic heterocycles. The number of allylic oxidation sites excluding steroid dienone is 2. The zero-order chi connectivity index (χ0) is 31.1. The molecule has 0 aliphatic carbocycles. The van der Waals surface area contributed by atoms with Gasteiger partial charge < -0.3 is 13.6 Å². The lowest BCUT2D eigenvalue weighted by Crippen LogP contribution is -2.41. The first-order chi connectivity index (χ1) is 18.9. The molecule has 1 aromatic carbocycles. The molecule has 2 aromatic rings. The quantitative estimate of drug-likeness (QED) is 0.156. The number of hydrogen-bond donors (Lipinski definition) is 0. The Labute approximate surface area is 257 Å². The Morgan fingerprint density at radius 2 is 1.44 bits per heavy atom. The van der Waals surface area contributed by atoms with Gasteiger partial charge in [0.1, 0.15) is 0 Å². The molecule has 0 aliphatic rings. The zero-order valence-corrected chi connectivity index (χ0v) is 30.8. The fourth-order valence-electron chi connectivity index (χ4n) is 3.90. The van der Waals surface area contributed by atoms with Crippen LogP contribution in [0.15, 0.2) is 36.4 Å². The average Bonchev–Trinajstić information content (AvgIpc) is 3.35. The van der Waals surface area contributed by atoms with Crippen LogP contribution in [0.4, 0.5) is 0 Å². The van der Waals surface area contributed by atoms with Gasteiger partial charge in [-0.25, -0.2) is 0 Å². The summed E-state index contributed by atoms with van der Waals surface area (Å²) in [7, 11) is -2.29. The molecule has 0 unspecified atom stereocenters. The van der Waals surface area contributed by atoms with Gasteiger partial charge in [-0.15, -0.1) is 11.3 Å². The molecule has 0 radical (unpaired) electrons. The molecular formula is C34H56O4SSi2. The highest BCUT2D eigenvalue weighted by molar-refractivity contribution is 7.13. The van der Waals surface area contributed by atoms with Crippen LogP contribution < -0.4 is 0 Å². The van der Waals surface area contributed by atoms with Crippen molar-refractivity contribution >= 4 is 39.5 Å². The minimum absolute atomic E-state index is 0.157. The summed E-state index contributed by atoms with van der Waals surface area (Å²) in [6.07, 6.45) is 6.28. The molecule has 1 aromatic heterocycles. The van der Waals surface area contributed by atoms with E-state index in [9.17, 15) is 4.79 Å². The van der Waals surface area contributed by atoms with Crippen molar-refractivity contribution in [3.63, 3.8) is 0 Å². The molecule has 0 N–H and O–H groups in total. The maximum absolute atomic E-state index is 11.5. The number of hydrogen-bond acceptors (Lipinski definition) is 5. The molecule has 0 bridgehead atoms. The van der Waals surface area contributed by atoms with Crippen LogP contribution in [0.25, 0.3) is 5.57 Å². The second-order valence-electron chi connectivity index (χ2n) is 14.2. The minimum Gasteiger partial charge on any atom is -0.469 e. The van der Waals surface area contributed by atoms with Gasteiger partial charge in [-0.05, 0) is 96.3 Å². The van der Waals surface area contributed by atoms with Crippen molar-refractivity contribution in [1.29, 1.82) is 0 Å². The fourth-order valence-corrected chi connectivity index (χ4v) is 6.91. The first-order valence-corrected chi connectivity index (χ1v) is 21.8. The summed E-state index contributed by atoms with van der Waals surface area (Å²) < 4.78 is 18.1. The second kappa shape index (κ2) is 14.8. The van der Waals surface area contributed by atoms with Crippen LogP contribution in [0.5, 0.6) is 0 Å². The van der Waals surface area contributed by atoms with Crippen LogP contribution in [0.1, 0.15) is 94.2 Å². The fraction of sp³-hybridized carbons (Fsp3) is 0.618. The van der Waals surface area contributed by atoms with Crippen LogP contribution in [-0.4, -0.2) is 29.7 Å². The maximum atomic E-state index is 11.5. The van der Waals surface area contributed by atoms with E-state index in [-0.39, 0.29) is 16.0 Å². The van der Waals surface area contributed by atoms with Crippen molar-refractivity contribution in [2.75, 3.05) is 7.11 Å². The third-order valence-electron chi connectivity index (χ3n) is 9.05. The van der Waals surface area contributed by atoms with Crippen LogP contribution in [-0.2, 0) is 44.4 Å². The molecule has 0 atom stereocenters. The molecule has 0 spiro atoms. The highest BCUT2D eigenvalue weighted by Gasteiger charge is 2.38. The number of rotatable bonds is 14. The number of methoxy groups -OCH3 is 1. The molecule has 7 heteroatoms. The largest absolute Gasteiger partial charge is 0.469 e. The van der Waals surface area contributed by atoms with Gasteiger partial charge in [-0.3, -0.25) is 4.79 Å². The Hall–Kier alpha value is -1.52. The van der Waals surface area contributed by atoms with E-state index in [4.69, 9.17) is 13.6 Å². The highest BCUT2D eigenvalue weighted by atomic mass is 32.1. The van der Waals surface area contributed by atoms with Gasteiger partial charge in [0.05, 0.1) is 20.3 Å². The summed E-state index contributed by atoms with van der Waals surface area (Å²) in [6, 6.07) is 11.4. The molecule has 41 heavy (non-hydrogen) atoms. The van der Waals surface area contributed by atoms with Gasteiger partial charge in [0.15, 0.2) is 16.6 Å². The van der Waals surface area contributed by atoms with E-state index >= 15 is 0 Å². The Morgan fingerprint density at radius 1 is 0.854 bits per heavy atom.